The van der Waals surface area contributed by atoms with Gasteiger partial charge >= 0.3 is 0 Å². The third kappa shape index (κ3) is 3.51. The van der Waals surface area contributed by atoms with Gasteiger partial charge in [-0.2, -0.15) is 0 Å². The molecular formula is C19H17ClN4O3. The minimum absolute atomic E-state index is 0.192. The number of fused-ring (bicyclic) bond motifs is 3. The van der Waals surface area contributed by atoms with Crippen LogP contribution < -0.4 is 10.1 Å². The number of hydrogen-bond donors (Lipinski definition) is 1. The number of ether oxygens (including phenoxy) is 2. The summed E-state index contributed by atoms with van der Waals surface area (Å²) in [6, 6.07) is 12.8. The molecule has 8 heteroatoms. The number of nitrogens with zero attached hydrogens (tertiary/aromatic N) is 3. The Kier molecular flexibility index (Phi) is 4.79. The van der Waals surface area contributed by atoms with E-state index in [2.05, 4.69) is 15.5 Å². The number of hydrogen-bond acceptors (Lipinski definition) is 5. The van der Waals surface area contributed by atoms with Crippen LogP contribution in [-0.4, -0.2) is 27.8 Å². The van der Waals surface area contributed by atoms with Gasteiger partial charge in [0.05, 0.1) is 31.5 Å². The number of methoxy groups -OCH3 is 1. The van der Waals surface area contributed by atoms with Gasteiger partial charge in [-0.25, -0.2) is 0 Å². The lowest BCUT2D eigenvalue weighted by atomic mass is 10.1. The Hall–Kier alpha value is -2.90. The monoisotopic (exact) mass is 384 g/mol. The zero-order valence-electron chi connectivity index (χ0n) is 14.6. The minimum atomic E-state index is -0.192. The fourth-order valence-corrected chi connectivity index (χ4v) is 3.13. The number of aromatic nitrogens is 3. The third-order valence-electron chi connectivity index (χ3n) is 4.31. The molecule has 0 saturated carbocycles. The molecule has 4 rings (SSSR count). The molecule has 27 heavy (non-hydrogen) atoms. The Labute approximate surface area is 160 Å². The fraction of sp³-hybridized carbons (Fsp3) is 0.211. The van der Waals surface area contributed by atoms with Crippen LogP contribution in [0, 0.1) is 0 Å². The first-order valence-corrected chi connectivity index (χ1v) is 8.75. The number of nitrogens with one attached hydrogen (secondary N) is 1. The number of benzene rings is 2. The summed E-state index contributed by atoms with van der Waals surface area (Å²) in [5, 5.41) is 11.7. The van der Waals surface area contributed by atoms with E-state index < -0.39 is 0 Å². The van der Waals surface area contributed by atoms with Gasteiger partial charge in [0, 0.05) is 5.02 Å². The molecule has 3 aromatic rings. The van der Waals surface area contributed by atoms with Crippen LogP contribution in [0.5, 0.6) is 5.75 Å². The summed E-state index contributed by atoms with van der Waals surface area (Å²) in [5.74, 6) is 1.88. The molecule has 1 N–H and O–H groups in total. The molecule has 0 unspecified atom stereocenters. The summed E-state index contributed by atoms with van der Waals surface area (Å²) in [4.78, 5) is 12.3. The maximum atomic E-state index is 12.3. The molecule has 0 saturated heterocycles. The van der Waals surface area contributed by atoms with Gasteiger partial charge in [-0.05, 0) is 35.9 Å². The summed E-state index contributed by atoms with van der Waals surface area (Å²) in [6.07, 6.45) is 0. The highest BCUT2D eigenvalue weighted by Crippen LogP contribution is 2.25. The molecule has 2 heterocycles. The zero-order chi connectivity index (χ0) is 18.8. The van der Waals surface area contributed by atoms with Crippen LogP contribution >= 0.6 is 11.6 Å². The summed E-state index contributed by atoms with van der Waals surface area (Å²) in [7, 11) is 1.63. The van der Waals surface area contributed by atoms with Crippen molar-refractivity contribution in [2.45, 2.75) is 19.8 Å². The van der Waals surface area contributed by atoms with Crippen LogP contribution in [0.2, 0.25) is 5.02 Å². The molecule has 1 aliphatic heterocycles. The summed E-state index contributed by atoms with van der Waals surface area (Å²) < 4.78 is 12.8. The third-order valence-corrected chi connectivity index (χ3v) is 4.54. The topological polar surface area (TPSA) is 78.3 Å². The molecule has 0 radical (unpaired) electrons. The van der Waals surface area contributed by atoms with E-state index in [4.69, 9.17) is 21.1 Å². The van der Waals surface area contributed by atoms with E-state index in [1.165, 1.54) is 0 Å². The molecular weight excluding hydrogens is 368 g/mol. The molecule has 0 spiro atoms. The maximum absolute atomic E-state index is 12.3. The van der Waals surface area contributed by atoms with Crippen LogP contribution in [0.1, 0.15) is 27.6 Å². The summed E-state index contributed by atoms with van der Waals surface area (Å²) in [6.45, 7) is 0.975. The van der Waals surface area contributed by atoms with Crippen molar-refractivity contribution in [1.82, 2.24) is 20.1 Å². The van der Waals surface area contributed by atoms with E-state index in [1.807, 2.05) is 28.8 Å². The van der Waals surface area contributed by atoms with Crippen LogP contribution in [-0.2, 0) is 24.5 Å². The second kappa shape index (κ2) is 7.38. The second-order valence-electron chi connectivity index (χ2n) is 6.05. The molecule has 0 bridgehead atoms. The number of halogens is 1. The lowest BCUT2D eigenvalue weighted by Gasteiger charge is -2.11. The lowest BCUT2D eigenvalue weighted by Crippen LogP contribution is -2.21. The predicted octanol–water partition coefficient (Wildman–Crippen LogP) is 2.89. The van der Waals surface area contributed by atoms with Crippen LogP contribution in [0.4, 0.5) is 0 Å². The Balaban J connectivity index is 1.56. The maximum Gasteiger partial charge on any atom is 0.253 e. The minimum Gasteiger partial charge on any atom is -0.497 e. The van der Waals surface area contributed by atoms with Gasteiger partial charge in [0.1, 0.15) is 12.4 Å². The first-order valence-electron chi connectivity index (χ1n) is 8.37. The van der Waals surface area contributed by atoms with Crippen molar-refractivity contribution in [1.29, 1.82) is 0 Å². The summed E-state index contributed by atoms with van der Waals surface area (Å²) >= 11 is 6.05. The van der Waals surface area contributed by atoms with E-state index in [9.17, 15) is 4.79 Å². The van der Waals surface area contributed by atoms with Gasteiger partial charge in [0.2, 0.25) is 0 Å². The highest BCUT2D eigenvalue weighted by molar-refractivity contribution is 6.31. The van der Waals surface area contributed by atoms with Crippen LogP contribution in [0.25, 0.3) is 5.69 Å². The van der Waals surface area contributed by atoms with Crippen molar-refractivity contribution in [3.8, 4) is 11.4 Å². The summed E-state index contributed by atoms with van der Waals surface area (Å²) in [5.41, 5.74) is 2.20. The van der Waals surface area contributed by atoms with Gasteiger partial charge < -0.3 is 14.8 Å². The highest BCUT2D eigenvalue weighted by atomic mass is 35.5. The molecule has 138 valence electrons. The average molecular weight is 385 g/mol. The quantitative estimate of drug-likeness (QED) is 0.731. The highest BCUT2D eigenvalue weighted by Gasteiger charge is 2.24. The smallest absolute Gasteiger partial charge is 0.253 e. The van der Waals surface area contributed by atoms with Gasteiger partial charge in [0.25, 0.3) is 5.91 Å². The van der Waals surface area contributed by atoms with Gasteiger partial charge in [-0.1, -0.05) is 23.7 Å². The Morgan fingerprint density at radius 3 is 2.74 bits per heavy atom. The molecule has 2 aromatic carbocycles. The average Bonchev–Trinajstić information content (AvgIpc) is 3.03. The Morgan fingerprint density at radius 1 is 1.15 bits per heavy atom. The Bertz CT molecular complexity index is 985. The van der Waals surface area contributed by atoms with E-state index in [0.29, 0.717) is 34.5 Å². The largest absolute Gasteiger partial charge is 0.497 e. The zero-order valence-corrected chi connectivity index (χ0v) is 15.4. The SMILES string of the molecule is COc1ccc(COCc2nnc3n2-c2ccc(Cl)cc2C(=O)NC3)cc1. The van der Waals surface area contributed by atoms with Crippen molar-refractivity contribution in [2.24, 2.45) is 0 Å². The number of carbonyl (C=O) groups is 1. The lowest BCUT2D eigenvalue weighted by molar-refractivity contribution is 0.0952. The van der Waals surface area contributed by atoms with Crippen molar-refractivity contribution in [2.75, 3.05) is 7.11 Å². The van der Waals surface area contributed by atoms with Gasteiger partial charge in [-0.3, -0.25) is 9.36 Å². The first kappa shape index (κ1) is 17.5. The number of carbonyl (C=O) groups excluding carboxylic acids is 1. The molecule has 1 aromatic heterocycles. The molecule has 1 aliphatic rings. The van der Waals surface area contributed by atoms with E-state index >= 15 is 0 Å². The van der Waals surface area contributed by atoms with Crippen molar-refractivity contribution >= 4 is 17.5 Å². The molecule has 0 atom stereocenters. The molecule has 0 aliphatic carbocycles. The van der Waals surface area contributed by atoms with E-state index in [-0.39, 0.29) is 19.1 Å². The van der Waals surface area contributed by atoms with Crippen molar-refractivity contribution in [3.05, 3.63) is 70.3 Å². The van der Waals surface area contributed by atoms with Crippen LogP contribution in [0.3, 0.4) is 0 Å². The van der Waals surface area contributed by atoms with Crippen molar-refractivity contribution in [3.63, 3.8) is 0 Å². The number of amides is 1. The molecule has 1 amide bonds. The second-order valence-corrected chi connectivity index (χ2v) is 6.49. The van der Waals surface area contributed by atoms with E-state index in [1.54, 1.807) is 25.3 Å². The first-order chi connectivity index (χ1) is 13.2. The fourth-order valence-electron chi connectivity index (χ4n) is 2.96. The predicted molar refractivity (Wildman–Crippen MR) is 99.0 cm³/mol. The van der Waals surface area contributed by atoms with E-state index in [0.717, 1.165) is 11.3 Å². The van der Waals surface area contributed by atoms with Gasteiger partial charge in [0.15, 0.2) is 11.6 Å². The Morgan fingerprint density at radius 2 is 1.96 bits per heavy atom. The van der Waals surface area contributed by atoms with Crippen molar-refractivity contribution < 1.29 is 14.3 Å². The molecule has 0 fully saturated rings. The van der Waals surface area contributed by atoms with Crippen LogP contribution in [0.15, 0.2) is 42.5 Å². The standard InChI is InChI=1S/C19H17ClN4O3/c1-26-14-5-2-12(3-6-14)10-27-11-18-23-22-17-9-21-19(25)15-8-13(20)4-7-16(15)24(17)18/h2-8H,9-11H2,1H3,(H,21,25). The van der Waals surface area contributed by atoms with Gasteiger partial charge in [-0.15, -0.1) is 10.2 Å². The number of rotatable bonds is 5. The normalized spacial score (nSPS) is 12.7. The molecule has 7 nitrogen and oxygen atoms in total.